The molecule has 0 aliphatic carbocycles. The van der Waals surface area contributed by atoms with Crippen LogP contribution in [0.1, 0.15) is 30.9 Å². The zero-order valence-corrected chi connectivity index (χ0v) is 11.6. The lowest BCUT2D eigenvalue weighted by atomic mass is 10.0. The molecule has 0 bridgehead atoms. The number of hydrogen-bond acceptors (Lipinski definition) is 2. The van der Waals surface area contributed by atoms with Gasteiger partial charge in [-0.05, 0) is 44.4 Å². The van der Waals surface area contributed by atoms with E-state index in [4.69, 9.17) is 0 Å². The van der Waals surface area contributed by atoms with Crippen LogP contribution in [0.4, 0.5) is 0 Å². The second kappa shape index (κ2) is 5.02. The smallest absolute Gasteiger partial charge is 0.0240 e. The molecule has 2 atom stereocenters. The van der Waals surface area contributed by atoms with E-state index in [1.165, 1.54) is 43.6 Å². The molecule has 2 nitrogen and oxygen atoms in total. The predicted octanol–water partition coefficient (Wildman–Crippen LogP) is 2.66. The number of aryl methyl sites for hydroxylation is 1. The molecule has 0 unspecified atom stereocenters. The summed E-state index contributed by atoms with van der Waals surface area (Å²) in [5.74, 6) is 0. The van der Waals surface area contributed by atoms with Crippen LogP contribution >= 0.6 is 0 Å². The maximum absolute atomic E-state index is 2.69. The molecule has 2 saturated heterocycles. The fourth-order valence-corrected chi connectivity index (χ4v) is 3.47. The van der Waals surface area contributed by atoms with Crippen molar-refractivity contribution in [1.82, 2.24) is 9.80 Å². The van der Waals surface area contributed by atoms with Crippen molar-refractivity contribution < 1.29 is 0 Å². The van der Waals surface area contributed by atoms with Crippen molar-refractivity contribution in [2.75, 3.05) is 19.6 Å². The minimum atomic E-state index is 0.693. The highest BCUT2D eigenvalue weighted by atomic mass is 15.3. The van der Waals surface area contributed by atoms with Crippen LogP contribution < -0.4 is 0 Å². The summed E-state index contributed by atoms with van der Waals surface area (Å²) in [7, 11) is 0. The largest absolute Gasteiger partial charge is 0.298 e. The summed E-state index contributed by atoms with van der Waals surface area (Å²) in [6.45, 7) is 9.58. The van der Waals surface area contributed by atoms with Crippen molar-refractivity contribution in [3.63, 3.8) is 0 Å². The summed E-state index contributed by atoms with van der Waals surface area (Å²) in [6.07, 6.45) is 2.80. The Morgan fingerprint density at radius 2 is 2.06 bits per heavy atom. The zero-order chi connectivity index (χ0) is 12.5. The van der Waals surface area contributed by atoms with E-state index in [0.717, 1.165) is 12.6 Å². The molecule has 1 aromatic rings. The lowest BCUT2D eigenvalue weighted by Gasteiger charge is -2.42. The van der Waals surface area contributed by atoms with E-state index in [2.05, 4.69) is 47.9 Å². The molecule has 0 amide bonds. The van der Waals surface area contributed by atoms with Crippen molar-refractivity contribution in [2.45, 2.75) is 45.3 Å². The Morgan fingerprint density at radius 3 is 2.89 bits per heavy atom. The number of benzene rings is 1. The molecule has 2 heteroatoms. The maximum Gasteiger partial charge on any atom is 0.0240 e. The highest BCUT2D eigenvalue weighted by molar-refractivity contribution is 5.25. The Morgan fingerprint density at radius 1 is 1.22 bits per heavy atom. The van der Waals surface area contributed by atoms with E-state index in [-0.39, 0.29) is 0 Å². The second-order valence-electron chi connectivity index (χ2n) is 6.00. The van der Waals surface area contributed by atoms with Crippen LogP contribution in [0.25, 0.3) is 0 Å². The molecular weight excluding hydrogens is 220 g/mol. The molecular formula is C16H24N2. The molecule has 0 aromatic heterocycles. The Balaban J connectivity index is 1.71. The van der Waals surface area contributed by atoms with Crippen molar-refractivity contribution in [3.8, 4) is 0 Å². The lowest BCUT2D eigenvalue weighted by molar-refractivity contribution is 0.0539. The molecule has 1 aromatic carbocycles. The van der Waals surface area contributed by atoms with Gasteiger partial charge in [0.15, 0.2) is 0 Å². The van der Waals surface area contributed by atoms with Crippen LogP contribution in [-0.4, -0.2) is 41.5 Å². The van der Waals surface area contributed by atoms with E-state index in [0.29, 0.717) is 6.04 Å². The van der Waals surface area contributed by atoms with Crippen LogP contribution in [0.3, 0.4) is 0 Å². The van der Waals surface area contributed by atoms with E-state index >= 15 is 0 Å². The molecule has 3 rings (SSSR count). The molecule has 0 N–H and O–H groups in total. The van der Waals surface area contributed by atoms with Gasteiger partial charge < -0.3 is 0 Å². The third kappa shape index (κ3) is 2.32. The summed E-state index contributed by atoms with van der Waals surface area (Å²) >= 11 is 0. The van der Waals surface area contributed by atoms with Gasteiger partial charge in [-0.25, -0.2) is 0 Å². The SMILES string of the molecule is Cc1ccccc1CN1C[C@H]2CCCN2C[C@H]1C. The monoisotopic (exact) mass is 244 g/mol. The quantitative estimate of drug-likeness (QED) is 0.789. The number of hydrogen-bond donors (Lipinski definition) is 0. The molecule has 2 aliphatic rings. The van der Waals surface area contributed by atoms with E-state index in [9.17, 15) is 0 Å². The van der Waals surface area contributed by atoms with E-state index in [1.807, 2.05) is 0 Å². The van der Waals surface area contributed by atoms with Crippen molar-refractivity contribution in [3.05, 3.63) is 35.4 Å². The first-order valence-electron chi connectivity index (χ1n) is 7.26. The molecule has 0 spiro atoms. The fraction of sp³-hybridized carbons (Fsp3) is 0.625. The van der Waals surface area contributed by atoms with Crippen LogP contribution in [0.5, 0.6) is 0 Å². The highest BCUT2D eigenvalue weighted by Crippen LogP contribution is 2.26. The Labute approximate surface area is 111 Å². The van der Waals surface area contributed by atoms with Crippen LogP contribution in [0.2, 0.25) is 0 Å². The number of piperazine rings is 1. The Bertz CT molecular complexity index is 415. The lowest BCUT2D eigenvalue weighted by Crippen LogP contribution is -2.54. The molecule has 2 aliphatic heterocycles. The molecule has 2 heterocycles. The van der Waals surface area contributed by atoms with Gasteiger partial charge in [-0.3, -0.25) is 9.80 Å². The molecule has 0 saturated carbocycles. The third-order valence-corrected chi connectivity index (χ3v) is 4.70. The van der Waals surface area contributed by atoms with Crippen LogP contribution in [0.15, 0.2) is 24.3 Å². The first-order chi connectivity index (χ1) is 8.74. The summed E-state index contributed by atoms with van der Waals surface area (Å²) < 4.78 is 0. The second-order valence-corrected chi connectivity index (χ2v) is 6.00. The van der Waals surface area contributed by atoms with Gasteiger partial charge in [0, 0.05) is 31.7 Å². The average molecular weight is 244 g/mol. The Kier molecular flexibility index (Phi) is 3.40. The topological polar surface area (TPSA) is 6.48 Å². The summed E-state index contributed by atoms with van der Waals surface area (Å²) in [4.78, 5) is 5.37. The zero-order valence-electron chi connectivity index (χ0n) is 11.6. The van der Waals surface area contributed by atoms with Gasteiger partial charge in [-0.15, -0.1) is 0 Å². The molecule has 18 heavy (non-hydrogen) atoms. The molecule has 98 valence electrons. The Hall–Kier alpha value is -0.860. The summed E-state index contributed by atoms with van der Waals surface area (Å²) in [6, 6.07) is 10.3. The first kappa shape index (κ1) is 12.2. The summed E-state index contributed by atoms with van der Waals surface area (Å²) in [5, 5.41) is 0. The fourth-order valence-electron chi connectivity index (χ4n) is 3.47. The predicted molar refractivity (Wildman–Crippen MR) is 75.6 cm³/mol. The average Bonchev–Trinajstić information content (AvgIpc) is 2.79. The number of fused-ring (bicyclic) bond motifs is 1. The van der Waals surface area contributed by atoms with Gasteiger partial charge in [0.1, 0.15) is 0 Å². The van der Waals surface area contributed by atoms with Crippen molar-refractivity contribution in [2.24, 2.45) is 0 Å². The van der Waals surface area contributed by atoms with Gasteiger partial charge in [-0.1, -0.05) is 24.3 Å². The van der Waals surface area contributed by atoms with Gasteiger partial charge >= 0.3 is 0 Å². The van der Waals surface area contributed by atoms with E-state index in [1.54, 1.807) is 0 Å². The summed E-state index contributed by atoms with van der Waals surface area (Å²) in [5.41, 5.74) is 2.93. The first-order valence-corrected chi connectivity index (χ1v) is 7.26. The molecule has 2 fully saturated rings. The van der Waals surface area contributed by atoms with Crippen molar-refractivity contribution >= 4 is 0 Å². The normalized spacial score (nSPS) is 29.4. The maximum atomic E-state index is 2.69. The number of rotatable bonds is 2. The minimum absolute atomic E-state index is 0.693. The number of nitrogens with zero attached hydrogens (tertiary/aromatic N) is 2. The standard InChI is InChI=1S/C16H24N2/c1-13-6-3-4-7-15(13)11-18-12-16-8-5-9-17(16)10-14(18)2/h3-4,6-7,14,16H,5,8-12H2,1-2H3/t14-,16-/m1/s1. The minimum Gasteiger partial charge on any atom is -0.298 e. The van der Waals surface area contributed by atoms with E-state index < -0.39 is 0 Å². The van der Waals surface area contributed by atoms with Gasteiger partial charge in [0.05, 0.1) is 0 Å². The van der Waals surface area contributed by atoms with Crippen LogP contribution in [0, 0.1) is 6.92 Å². The highest BCUT2D eigenvalue weighted by Gasteiger charge is 2.34. The van der Waals surface area contributed by atoms with Crippen LogP contribution in [-0.2, 0) is 6.54 Å². The van der Waals surface area contributed by atoms with Gasteiger partial charge in [0.2, 0.25) is 0 Å². The third-order valence-electron chi connectivity index (χ3n) is 4.70. The van der Waals surface area contributed by atoms with Gasteiger partial charge in [0.25, 0.3) is 0 Å². The van der Waals surface area contributed by atoms with Gasteiger partial charge in [-0.2, -0.15) is 0 Å². The molecule has 0 radical (unpaired) electrons. The van der Waals surface area contributed by atoms with Crippen molar-refractivity contribution in [1.29, 1.82) is 0 Å².